The number of rotatable bonds is 5. The van der Waals surface area contributed by atoms with Crippen molar-refractivity contribution in [1.82, 2.24) is 0 Å². The van der Waals surface area contributed by atoms with Gasteiger partial charge in [0, 0.05) is 6.54 Å². The number of hydrogen-bond donors (Lipinski definition) is 1. The molecule has 0 bridgehead atoms. The van der Waals surface area contributed by atoms with Gasteiger partial charge in [-0.15, -0.1) is 0 Å². The molecule has 2 rings (SSSR count). The van der Waals surface area contributed by atoms with Gasteiger partial charge in [-0.3, -0.25) is 0 Å². The third kappa shape index (κ3) is 2.95. The summed E-state index contributed by atoms with van der Waals surface area (Å²) in [6.45, 7) is 3.37. The second kappa shape index (κ2) is 6.07. The van der Waals surface area contributed by atoms with Crippen molar-refractivity contribution in [2.45, 2.75) is 20.1 Å². The third-order valence-electron chi connectivity index (χ3n) is 3.01. The van der Waals surface area contributed by atoms with Gasteiger partial charge in [-0.1, -0.05) is 6.07 Å². The SMILES string of the molecule is CCN(Cc1ccco1)c1ccc(CO)cc1C#N. The monoisotopic (exact) mass is 256 g/mol. The van der Waals surface area contributed by atoms with Crippen LogP contribution in [-0.4, -0.2) is 11.7 Å². The van der Waals surface area contributed by atoms with Crippen LogP contribution < -0.4 is 4.90 Å². The van der Waals surface area contributed by atoms with Gasteiger partial charge in [-0.2, -0.15) is 5.26 Å². The van der Waals surface area contributed by atoms with Crippen molar-refractivity contribution >= 4 is 5.69 Å². The Morgan fingerprint density at radius 1 is 1.37 bits per heavy atom. The van der Waals surface area contributed by atoms with Crippen LogP contribution in [0, 0.1) is 11.3 Å². The Kier molecular flexibility index (Phi) is 4.22. The molecule has 0 aliphatic heterocycles. The van der Waals surface area contributed by atoms with Crippen LogP contribution in [0.15, 0.2) is 41.0 Å². The van der Waals surface area contributed by atoms with E-state index >= 15 is 0 Å². The van der Waals surface area contributed by atoms with E-state index in [0.29, 0.717) is 12.1 Å². The first-order valence-electron chi connectivity index (χ1n) is 6.19. The zero-order valence-electron chi connectivity index (χ0n) is 10.8. The largest absolute Gasteiger partial charge is 0.467 e. The number of benzene rings is 1. The Morgan fingerprint density at radius 2 is 2.21 bits per heavy atom. The fourth-order valence-electron chi connectivity index (χ4n) is 2.00. The normalized spacial score (nSPS) is 10.2. The molecule has 0 spiro atoms. The summed E-state index contributed by atoms with van der Waals surface area (Å²) in [4.78, 5) is 2.07. The fourth-order valence-corrected chi connectivity index (χ4v) is 2.00. The minimum atomic E-state index is -0.0563. The number of anilines is 1. The molecular weight excluding hydrogens is 240 g/mol. The molecule has 0 aliphatic carbocycles. The molecule has 0 unspecified atom stereocenters. The van der Waals surface area contributed by atoms with Crippen molar-refractivity contribution in [2.24, 2.45) is 0 Å². The van der Waals surface area contributed by atoms with Crippen LogP contribution in [0.25, 0.3) is 0 Å². The molecule has 0 saturated heterocycles. The maximum absolute atomic E-state index is 9.23. The molecule has 2 aromatic rings. The van der Waals surface area contributed by atoms with E-state index in [1.54, 1.807) is 12.3 Å². The van der Waals surface area contributed by atoms with Crippen molar-refractivity contribution in [1.29, 1.82) is 5.26 Å². The Labute approximate surface area is 112 Å². The zero-order chi connectivity index (χ0) is 13.7. The topological polar surface area (TPSA) is 60.4 Å². The highest BCUT2D eigenvalue weighted by atomic mass is 16.3. The van der Waals surface area contributed by atoms with Crippen molar-refractivity contribution < 1.29 is 9.52 Å². The van der Waals surface area contributed by atoms with Crippen molar-refractivity contribution in [3.05, 3.63) is 53.5 Å². The summed E-state index contributed by atoms with van der Waals surface area (Å²) >= 11 is 0. The summed E-state index contributed by atoms with van der Waals surface area (Å²) in [5.74, 6) is 0.858. The lowest BCUT2D eigenvalue weighted by Gasteiger charge is -2.23. The minimum Gasteiger partial charge on any atom is -0.467 e. The predicted octanol–water partition coefficient (Wildman–Crippen LogP) is 2.67. The Bertz CT molecular complexity index is 570. The Balaban J connectivity index is 2.30. The van der Waals surface area contributed by atoms with Crippen LogP contribution in [-0.2, 0) is 13.2 Å². The second-order valence-corrected chi connectivity index (χ2v) is 4.21. The second-order valence-electron chi connectivity index (χ2n) is 4.21. The highest BCUT2D eigenvalue weighted by molar-refractivity contribution is 5.60. The number of nitrogens with zero attached hydrogens (tertiary/aromatic N) is 2. The van der Waals surface area contributed by atoms with Crippen LogP contribution in [0.4, 0.5) is 5.69 Å². The summed E-state index contributed by atoms with van der Waals surface area (Å²) in [6, 6.07) is 11.4. The van der Waals surface area contributed by atoms with E-state index in [1.165, 1.54) is 0 Å². The molecule has 0 amide bonds. The number of aliphatic hydroxyl groups is 1. The lowest BCUT2D eigenvalue weighted by molar-refractivity contribution is 0.282. The number of aliphatic hydroxyl groups excluding tert-OH is 1. The van der Waals surface area contributed by atoms with Gasteiger partial charge in [0.05, 0.1) is 30.7 Å². The van der Waals surface area contributed by atoms with Crippen LogP contribution in [0.3, 0.4) is 0 Å². The maximum atomic E-state index is 9.23. The summed E-state index contributed by atoms with van der Waals surface area (Å²) in [6.07, 6.45) is 1.64. The molecule has 1 N–H and O–H groups in total. The molecule has 1 heterocycles. The average molecular weight is 256 g/mol. The molecule has 0 fully saturated rings. The standard InChI is InChI=1S/C15H16N2O2/c1-2-17(10-14-4-3-7-19-14)15-6-5-12(11-18)8-13(15)9-16/h3-8,18H,2,10-11H2,1H3. The first-order chi connectivity index (χ1) is 9.28. The van der Waals surface area contributed by atoms with E-state index in [1.807, 2.05) is 31.2 Å². The third-order valence-corrected chi connectivity index (χ3v) is 3.01. The van der Waals surface area contributed by atoms with Gasteiger partial charge in [-0.05, 0) is 36.8 Å². The van der Waals surface area contributed by atoms with Gasteiger partial charge in [0.2, 0.25) is 0 Å². The van der Waals surface area contributed by atoms with Crippen molar-refractivity contribution in [3.63, 3.8) is 0 Å². The van der Waals surface area contributed by atoms with E-state index in [0.717, 1.165) is 23.6 Å². The van der Waals surface area contributed by atoms with E-state index in [2.05, 4.69) is 11.0 Å². The van der Waals surface area contributed by atoms with Gasteiger partial charge in [-0.25, -0.2) is 0 Å². The Morgan fingerprint density at radius 3 is 2.79 bits per heavy atom. The summed E-state index contributed by atoms with van der Waals surface area (Å²) < 4.78 is 5.34. The van der Waals surface area contributed by atoms with Crippen LogP contribution >= 0.6 is 0 Å². The van der Waals surface area contributed by atoms with E-state index in [-0.39, 0.29) is 6.61 Å². The smallest absolute Gasteiger partial charge is 0.123 e. The van der Waals surface area contributed by atoms with Crippen molar-refractivity contribution in [2.75, 3.05) is 11.4 Å². The molecule has 0 atom stereocenters. The van der Waals surface area contributed by atoms with E-state index in [4.69, 9.17) is 9.52 Å². The van der Waals surface area contributed by atoms with Crippen LogP contribution in [0.1, 0.15) is 23.8 Å². The summed E-state index contributed by atoms with van der Waals surface area (Å²) in [7, 11) is 0. The molecule has 0 aliphatic rings. The molecule has 0 saturated carbocycles. The van der Waals surface area contributed by atoms with E-state index < -0.39 is 0 Å². The van der Waals surface area contributed by atoms with Gasteiger partial charge >= 0.3 is 0 Å². The lowest BCUT2D eigenvalue weighted by Crippen LogP contribution is -2.22. The molecule has 98 valence electrons. The predicted molar refractivity (Wildman–Crippen MR) is 72.5 cm³/mol. The zero-order valence-corrected chi connectivity index (χ0v) is 10.8. The quantitative estimate of drug-likeness (QED) is 0.893. The molecule has 19 heavy (non-hydrogen) atoms. The van der Waals surface area contributed by atoms with Crippen molar-refractivity contribution in [3.8, 4) is 6.07 Å². The van der Waals surface area contributed by atoms with Gasteiger partial charge < -0.3 is 14.4 Å². The number of nitriles is 1. The van der Waals surface area contributed by atoms with Crippen LogP contribution in [0.2, 0.25) is 0 Å². The highest BCUT2D eigenvalue weighted by Crippen LogP contribution is 2.23. The first-order valence-corrected chi connectivity index (χ1v) is 6.19. The maximum Gasteiger partial charge on any atom is 0.123 e. The van der Waals surface area contributed by atoms with Gasteiger partial charge in [0.25, 0.3) is 0 Å². The molecule has 1 aromatic heterocycles. The highest BCUT2D eigenvalue weighted by Gasteiger charge is 2.12. The van der Waals surface area contributed by atoms with Crippen LogP contribution in [0.5, 0.6) is 0 Å². The molecule has 4 heteroatoms. The average Bonchev–Trinajstić information content (AvgIpc) is 2.97. The number of furan rings is 1. The van der Waals surface area contributed by atoms with Gasteiger partial charge in [0.1, 0.15) is 11.8 Å². The fraction of sp³-hybridized carbons (Fsp3) is 0.267. The number of hydrogen-bond acceptors (Lipinski definition) is 4. The summed E-state index contributed by atoms with van der Waals surface area (Å²) in [5, 5.41) is 18.3. The van der Waals surface area contributed by atoms with E-state index in [9.17, 15) is 5.26 Å². The molecule has 1 aromatic carbocycles. The molecule has 4 nitrogen and oxygen atoms in total. The summed E-state index contributed by atoms with van der Waals surface area (Å²) in [5.41, 5.74) is 2.17. The molecule has 0 radical (unpaired) electrons. The first kappa shape index (κ1) is 13.2. The molecular formula is C15H16N2O2. The Hall–Kier alpha value is -2.25. The van der Waals surface area contributed by atoms with Gasteiger partial charge in [0.15, 0.2) is 0 Å². The minimum absolute atomic E-state index is 0.0563. The lowest BCUT2D eigenvalue weighted by atomic mass is 10.1.